The molecular formula is C31H31F2N3O5. The maximum absolute atomic E-state index is 13.9. The van der Waals surface area contributed by atoms with Crippen LogP contribution in [0.2, 0.25) is 0 Å². The molecule has 2 heterocycles. The van der Waals surface area contributed by atoms with Crippen molar-refractivity contribution < 1.29 is 28.3 Å². The molecule has 1 aliphatic rings. The van der Waals surface area contributed by atoms with Crippen molar-refractivity contribution in [2.75, 3.05) is 0 Å². The Morgan fingerprint density at radius 3 is 2.73 bits per heavy atom. The zero-order chi connectivity index (χ0) is 28.9. The van der Waals surface area contributed by atoms with E-state index in [2.05, 4.69) is 5.16 Å². The van der Waals surface area contributed by atoms with E-state index in [1.54, 1.807) is 47.0 Å². The molecule has 0 bridgehead atoms. The highest BCUT2D eigenvalue weighted by atomic mass is 19.1. The highest BCUT2D eigenvalue weighted by Gasteiger charge is 2.24. The van der Waals surface area contributed by atoms with E-state index < -0.39 is 12.3 Å². The maximum atomic E-state index is 13.9. The average Bonchev–Trinajstić information content (AvgIpc) is 3.41. The van der Waals surface area contributed by atoms with E-state index in [1.165, 1.54) is 24.3 Å². The molecule has 2 N–H and O–H groups in total. The zero-order valence-corrected chi connectivity index (χ0v) is 22.5. The standard InChI is InChI=1S/C31H31F2N3O5/c1-19-13-23(33)10-12-28(19)36-29(7-2-3-8-30(37)38)34-27-15-21(9-11-25(27)31(36)39)26-16-24(41-35-26)18-40-17-20-5-4-6-22(32)14-20/h4-6,9-16,19,28,30,37-38H,2-3,7-8,17-18H2,1H3. The van der Waals surface area contributed by atoms with Crippen LogP contribution in [-0.2, 0) is 24.4 Å². The predicted octanol–water partition coefficient (Wildman–Crippen LogP) is 5.53. The SMILES string of the molecule is CC1C=C(F)C=CC1n1c(CCCCC(O)O)nc2cc(-c3cc(COCc4cccc(F)c4)on3)ccc2c1=O. The van der Waals surface area contributed by atoms with E-state index in [1.807, 2.05) is 6.92 Å². The lowest BCUT2D eigenvalue weighted by Gasteiger charge is -2.26. The summed E-state index contributed by atoms with van der Waals surface area (Å²) in [6.07, 6.45) is 4.92. The van der Waals surface area contributed by atoms with Gasteiger partial charge in [-0.05, 0) is 61.2 Å². The molecular weight excluding hydrogens is 532 g/mol. The molecule has 0 amide bonds. The van der Waals surface area contributed by atoms with Gasteiger partial charge < -0.3 is 19.5 Å². The summed E-state index contributed by atoms with van der Waals surface area (Å²) in [6, 6.07) is 12.8. The summed E-state index contributed by atoms with van der Waals surface area (Å²) in [5.41, 5.74) is 2.21. The Kier molecular flexibility index (Phi) is 8.82. The number of rotatable bonds is 11. The first-order valence-electron chi connectivity index (χ1n) is 13.5. The van der Waals surface area contributed by atoms with Crippen LogP contribution in [0.1, 0.15) is 49.4 Å². The Labute approximate surface area is 235 Å². The number of allylic oxidation sites excluding steroid dienone is 4. The molecule has 2 aromatic heterocycles. The lowest BCUT2D eigenvalue weighted by molar-refractivity contribution is -0.0465. The van der Waals surface area contributed by atoms with Crippen molar-refractivity contribution in [3.05, 3.63) is 106 Å². The summed E-state index contributed by atoms with van der Waals surface area (Å²) >= 11 is 0. The third-order valence-electron chi connectivity index (χ3n) is 7.06. The number of ether oxygens (including phenoxy) is 1. The van der Waals surface area contributed by atoms with Crippen molar-refractivity contribution in [3.8, 4) is 11.3 Å². The summed E-state index contributed by atoms with van der Waals surface area (Å²) in [6.45, 7) is 2.22. The van der Waals surface area contributed by atoms with Gasteiger partial charge in [0.25, 0.3) is 5.56 Å². The lowest BCUT2D eigenvalue weighted by atomic mass is 9.95. The molecule has 2 unspecified atom stereocenters. The predicted molar refractivity (Wildman–Crippen MR) is 149 cm³/mol. The van der Waals surface area contributed by atoms with Crippen molar-refractivity contribution in [1.29, 1.82) is 0 Å². The summed E-state index contributed by atoms with van der Waals surface area (Å²) in [5.74, 6) is 0.101. The third-order valence-corrected chi connectivity index (χ3v) is 7.06. The van der Waals surface area contributed by atoms with E-state index in [0.29, 0.717) is 58.6 Å². The van der Waals surface area contributed by atoms with E-state index in [0.717, 1.165) is 0 Å². The summed E-state index contributed by atoms with van der Waals surface area (Å²) < 4.78 is 39.9. The second-order valence-electron chi connectivity index (χ2n) is 10.2. The van der Waals surface area contributed by atoms with Crippen LogP contribution in [-0.4, -0.2) is 31.2 Å². The van der Waals surface area contributed by atoms with Crippen LogP contribution < -0.4 is 5.56 Å². The first-order chi connectivity index (χ1) is 19.8. The second kappa shape index (κ2) is 12.7. The average molecular weight is 564 g/mol. The number of benzene rings is 2. The molecule has 8 nitrogen and oxygen atoms in total. The van der Waals surface area contributed by atoms with E-state index in [-0.39, 0.29) is 42.8 Å². The maximum Gasteiger partial charge on any atom is 0.261 e. The lowest BCUT2D eigenvalue weighted by Crippen LogP contribution is -2.32. The zero-order valence-electron chi connectivity index (χ0n) is 22.5. The van der Waals surface area contributed by atoms with Gasteiger partial charge in [-0.15, -0.1) is 0 Å². The van der Waals surface area contributed by atoms with Crippen molar-refractivity contribution in [2.45, 2.75) is 58.2 Å². The molecule has 0 radical (unpaired) electrons. The fraction of sp³-hybridized carbons (Fsp3) is 0.323. The Hall–Kier alpha value is -3.99. The fourth-order valence-electron chi connectivity index (χ4n) is 5.00. The van der Waals surface area contributed by atoms with Crippen LogP contribution in [0.5, 0.6) is 0 Å². The van der Waals surface area contributed by atoms with Crippen molar-refractivity contribution in [2.24, 2.45) is 5.92 Å². The van der Waals surface area contributed by atoms with Crippen molar-refractivity contribution >= 4 is 10.9 Å². The Morgan fingerprint density at radius 1 is 1.10 bits per heavy atom. The molecule has 0 fully saturated rings. The fourth-order valence-corrected chi connectivity index (χ4v) is 5.00. The van der Waals surface area contributed by atoms with Gasteiger partial charge in [0.05, 0.1) is 23.6 Å². The number of halogens is 2. The molecule has 4 aromatic rings. The van der Waals surface area contributed by atoms with Gasteiger partial charge >= 0.3 is 0 Å². The van der Waals surface area contributed by atoms with Crippen LogP contribution >= 0.6 is 0 Å². The molecule has 10 heteroatoms. The van der Waals surface area contributed by atoms with Crippen LogP contribution in [0.3, 0.4) is 0 Å². The number of aryl methyl sites for hydroxylation is 1. The van der Waals surface area contributed by atoms with Gasteiger partial charge in [0.1, 0.15) is 29.8 Å². The van der Waals surface area contributed by atoms with Crippen molar-refractivity contribution in [1.82, 2.24) is 14.7 Å². The number of unbranched alkanes of at least 4 members (excludes halogenated alkanes) is 1. The molecule has 2 atom stereocenters. The van der Waals surface area contributed by atoms with E-state index in [9.17, 15) is 23.8 Å². The van der Waals surface area contributed by atoms with E-state index >= 15 is 0 Å². The number of fused-ring (bicyclic) bond motifs is 1. The van der Waals surface area contributed by atoms with Gasteiger partial charge in [-0.25, -0.2) is 13.8 Å². The van der Waals surface area contributed by atoms with Crippen LogP contribution in [0.15, 0.2) is 81.9 Å². The number of nitrogens with zero attached hydrogens (tertiary/aromatic N) is 3. The molecule has 0 aliphatic heterocycles. The number of aliphatic hydroxyl groups is 2. The minimum Gasteiger partial charge on any atom is -0.369 e. The summed E-state index contributed by atoms with van der Waals surface area (Å²) in [7, 11) is 0. The first kappa shape index (κ1) is 28.5. The monoisotopic (exact) mass is 563 g/mol. The van der Waals surface area contributed by atoms with Crippen LogP contribution in [0, 0.1) is 11.7 Å². The summed E-state index contributed by atoms with van der Waals surface area (Å²) in [5, 5.41) is 23.0. The molecule has 5 rings (SSSR count). The van der Waals surface area contributed by atoms with Gasteiger partial charge in [-0.3, -0.25) is 9.36 Å². The topological polar surface area (TPSA) is 111 Å². The van der Waals surface area contributed by atoms with Gasteiger partial charge in [0.15, 0.2) is 12.1 Å². The van der Waals surface area contributed by atoms with Gasteiger partial charge in [0, 0.05) is 24.0 Å². The van der Waals surface area contributed by atoms with Crippen LogP contribution in [0.4, 0.5) is 8.78 Å². The number of aromatic nitrogens is 3. The van der Waals surface area contributed by atoms with Crippen molar-refractivity contribution in [3.63, 3.8) is 0 Å². The molecule has 2 aromatic carbocycles. The summed E-state index contributed by atoms with van der Waals surface area (Å²) in [4.78, 5) is 18.6. The van der Waals surface area contributed by atoms with Gasteiger partial charge in [-0.1, -0.05) is 36.4 Å². The highest BCUT2D eigenvalue weighted by Crippen LogP contribution is 2.29. The van der Waals surface area contributed by atoms with E-state index in [4.69, 9.17) is 14.2 Å². The van der Waals surface area contributed by atoms with Gasteiger partial charge in [-0.2, -0.15) is 0 Å². The molecule has 41 heavy (non-hydrogen) atoms. The molecule has 0 saturated heterocycles. The molecule has 0 spiro atoms. The third kappa shape index (κ3) is 6.84. The number of aliphatic hydroxyl groups excluding tert-OH is 1. The second-order valence-corrected chi connectivity index (χ2v) is 10.2. The Morgan fingerprint density at radius 2 is 1.95 bits per heavy atom. The van der Waals surface area contributed by atoms with Crippen LogP contribution in [0.25, 0.3) is 22.2 Å². The molecule has 0 saturated carbocycles. The molecule has 214 valence electrons. The molecule has 1 aliphatic carbocycles. The largest absolute Gasteiger partial charge is 0.369 e. The highest BCUT2D eigenvalue weighted by molar-refractivity contribution is 5.83. The number of hydrogen-bond donors (Lipinski definition) is 2. The minimum absolute atomic E-state index is 0.148. The smallest absolute Gasteiger partial charge is 0.261 e. The Bertz CT molecular complexity index is 1640. The number of hydrogen-bond acceptors (Lipinski definition) is 7. The normalized spacial score (nSPS) is 17.0. The Balaban J connectivity index is 1.40. The minimum atomic E-state index is -1.39. The van der Waals surface area contributed by atoms with Gasteiger partial charge in [0.2, 0.25) is 0 Å². The first-order valence-corrected chi connectivity index (χ1v) is 13.5. The quantitative estimate of drug-likeness (QED) is 0.182.